The van der Waals surface area contributed by atoms with Crippen molar-refractivity contribution >= 4 is 43.7 Å². The molecule has 0 saturated heterocycles. The molecule has 11 rings (SSSR count). The molecule has 0 fully saturated rings. The fourth-order valence-corrected chi connectivity index (χ4v) is 8.32. The van der Waals surface area contributed by atoms with Crippen LogP contribution in [0, 0.1) is 0 Å². The van der Waals surface area contributed by atoms with Gasteiger partial charge in [0.25, 0.3) is 0 Å². The van der Waals surface area contributed by atoms with Crippen molar-refractivity contribution in [2.24, 2.45) is 0 Å². The van der Waals surface area contributed by atoms with Gasteiger partial charge in [-0.3, -0.25) is 0 Å². The molecule has 0 saturated carbocycles. The fourth-order valence-electron chi connectivity index (χ4n) is 8.32. The first-order valence-electron chi connectivity index (χ1n) is 18.2. The second kappa shape index (κ2) is 11.5. The molecule has 7 aromatic carbocycles. The summed E-state index contributed by atoms with van der Waals surface area (Å²) < 4.78 is 15.4. The maximum absolute atomic E-state index is 6.79. The van der Waals surface area contributed by atoms with E-state index >= 15 is 0 Å². The third-order valence-corrected chi connectivity index (χ3v) is 10.9. The first-order valence-corrected chi connectivity index (χ1v) is 18.2. The number of fused-ring (bicyclic) bond motifs is 9. The fraction of sp³-hybridized carbons (Fsp3) is 0.0625. The lowest BCUT2D eigenvalue weighted by atomic mass is 9.75. The number of furan rings is 1. The highest BCUT2D eigenvalue weighted by Gasteiger charge is 2.36. The van der Waals surface area contributed by atoms with E-state index in [2.05, 4.69) is 109 Å². The minimum atomic E-state index is -0.221. The minimum absolute atomic E-state index is 0.221. The van der Waals surface area contributed by atoms with E-state index in [0.717, 1.165) is 77.6 Å². The Balaban J connectivity index is 1.12. The van der Waals surface area contributed by atoms with Crippen LogP contribution in [0.1, 0.15) is 25.0 Å². The topological polar surface area (TPSA) is 66.0 Å². The van der Waals surface area contributed by atoms with E-state index in [1.807, 2.05) is 66.7 Å². The minimum Gasteiger partial charge on any atom is -0.456 e. The van der Waals surface area contributed by atoms with Crippen LogP contribution < -0.4 is 4.74 Å². The quantitative estimate of drug-likeness (QED) is 0.183. The Hall–Kier alpha value is -7.05. The maximum Gasteiger partial charge on any atom is 0.164 e. The summed E-state index contributed by atoms with van der Waals surface area (Å²) in [4.78, 5) is 15.4. The molecule has 4 heterocycles. The average Bonchev–Trinajstić information content (AvgIpc) is 3.77. The molecule has 0 spiro atoms. The van der Waals surface area contributed by atoms with Gasteiger partial charge in [0.15, 0.2) is 17.5 Å². The van der Waals surface area contributed by atoms with Crippen LogP contribution in [0.3, 0.4) is 0 Å². The Kier molecular flexibility index (Phi) is 6.49. The molecule has 0 radical (unpaired) electrons. The van der Waals surface area contributed by atoms with Crippen molar-refractivity contribution in [1.29, 1.82) is 0 Å². The molecule has 0 bridgehead atoms. The highest BCUT2D eigenvalue weighted by atomic mass is 16.5. The van der Waals surface area contributed by atoms with E-state index in [4.69, 9.17) is 24.1 Å². The van der Waals surface area contributed by atoms with Crippen LogP contribution in [0.5, 0.6) is 11.5 Å². The molecule has 0 unspecified atom stereocenters. The number of ether oxygens (including phenoxy) is 1. The number of hydrogen-bond acceptors (Lipinski definition) is 5. The van der Waals surface area contributed by atoms with Crippen LogP contribution in [0.4, 0.5) is 0 Å². The Morgan fingerprint density at radius 3 is 2.07 bits per heavy atom. The van der Waals surface area contributed by atoms with Crippen molar-refractivity contribution in [1.82, 2.24) is 19.5 Å². The van der Waals surface area contributed by atoms with Crippen molar-refractivity contribution in [2.75, 3.05) is 0 Å². The Labute approximate surface area is 311 Å². The van der Waals surface area contributed by atoms with Gasteiger partial charge in [-0.25, -0.2) is 15.0 Å². The number of hydrogen-bond donors (Lipinski definition) is 0. The molecule has 6 heteroatoms. The number of rotatable bonds is 4. The molecule has 10 aromatic rings. The molecular weight excluding hydrogens is 665 g/mol. The van der Waals surface area contributed by atoms with E-state index < -0.39 is 0 Å². The van der Waals surface area contributed by atoms with Crippen molar-refractivity contribution in [3.63, 3.8) is 0 Å². The van der Waals surface area contributed by atoms with Crippen LogP contribution in [-0.4, -0.2) is 19.5 Å². The summed E-state index contributed by atoms with van der Waals surface area (Å²) >= 11 is 0. The zero-order valence-corrected chi connectivity index (χ0v) is 29.6. The lowest BCUT2D eigenvalue weighted by Gasteiger charge is -2.34. The summed E-state index contributed by atoms with van der Waals surface area (Å²) in [5.41, 5.74) is 9.63. The second-order valence-corrected chi connectivity index (χ2v) is 14.4. The lowest BCUT2D eigenvalue weighted by Crippen LogP contribution is -2.24. The third-order valence-electron chi connectivity index (χ3n) is 10.9. The number of benzene rings is 7. The van der Waals surface area contributed by atoms with Crippen molar-refractivity contribution in [3.05, 3.63) is 169 Å². The van der Waals surface area contributed by atoms with E-state index in [9.17, 15) is 0 Å². The molecule has 6 nitrogen and oxygen atoms in total. The molecule has 0 atom stereocenters. The SMILES string of the molecule is CC1(C)c2ccccc2Oc2c1ccc1c2c2ccccc2n1-c1cccc(-c2nc(-c3ccccc3)nc(-c3cccc4oc5ccccc5c34)n2)c1. The van der Waals surface area contributed by atoms with Crippen molar-refractivity contribution in [2.45, 2.75) is 19.3 Å². The summed E-state index contributed by atoms with van der Waals surface area (Å²) in [6, 6.07) is 54.1. The zero-order chi connectivity index (χ0) is 36.0. The molecule has 1 aliphatic heterocycles. The standard InChI is InChI=1S/C48H32N4O2/c1-48(2)35-21-8-11-24-40(35)54-44-36(48)26-27-38-43(44)32-18-6-9-22-37(32)52(38)31-17-12-16-30(28-31)46-49-45(29-14-4-3-5-15-29)50-47(51-46)34-20-13-25-41-42(34)33-19-7-10-23-39(33)53-41/h3-28H,1-2H3. The van der Waals surface area contributed by atoms with E-state index in [0.29, 0.717) is 17.5 Å². The van der Waals surface area contributed by atoms with Crippen LogP contribution in [-0.2, 0) is 5.41 Å². The first kappa shape index (κ1) is 30.6. The molecule has 0 aliphatic carbocycles. The van der Waals surface area contributed by atoms with Gasteiger partial charge < -0.3 is 13.7 Å². The first-order chi connectivity index (χ1) is 26.5. The molecule has 54 heavy (non-hydrogen) atoms. The number of para-hydroxylation sites is 3. The van der Waals surface area contributed by atoms with Crippen LogP contribution >= 0.6 is 0 Å². The third kappa shape index (κ3) is 4.50. The molecule has 0 N–H and O–H groups in total. The predicted octanol–water partition coefficient (Wildman–Crippen LogP) is 12.3. The summed E-state index contributed by atoms with van der Waals surface area (Å²) in [6.07, 6.45) is 0. The number of aromatic nitrogens is 4. The molecule has 3 aromatic heterocycles. The predicted molar refractivity (Wildman–Crippen MR) is 216 cm³/mol. The van der Waals surface area contributed by atoms with Gasteiger partial charge in [0.1, 0.15) is 22.7 Å². The van der Waals surface area contributed by atoms with Gasteiger partial charge in [0.05, 0.1) is 16.4 Å². The number of nitrogens with zero attached hydrogens (tertiary/aromatic N) is 4. The highest BCUT2D eigenvalue weighted by Crippen LogP contribution is 2.52. The van der Waals surface area contributed by atoms with Gasteiger partial charge in [-0.2, -0.15) is 0 Å². The Morgan fingerprint density at radius 2 is 1.19 bits per heavy atom. The van der Waals surface area contributed by atoms with Gasteiger partial charge in [-0.05, 0) is 42.5 Å². The van der Waals surface area contributed by atoms with Crippen molar-refractivity contribution < 1.29 is 9.15 Å². The molecule has 1 aliphatic rings. The maximum atomic E-state index is 6.79. The van der Waals surface area contributed by atoms with Gasteiger partial charge in [0.2, 0.25) is 0 Å². The summed E-state index contributed by atoms with van der Waals surface area (Å²) in [5, 5.41) is 4.25. The summed E-state index contributed by atoms with van der Waals surface area (Å²) in [6.45, 7) is 4.56. The Morgan fingerprint density at radius 1 is 0.500 bits per heavy atom. The summed E-state index contributed by atoms with van der Waals surface area (Å²) in [5.74, 6) is 3.60. The van der Waals surface area contributed by atoms with Gasteiger partial charge in [-0.15, -0.1) is 0 Å². The van der Waals surface area contributed by atoms with Crippen LogP contribution in [0.15, 0.2) is 162 Å². The van der Waals surface area contributed by atoms with Crippen LogP contribution in [0.2, 0.25) is 0 Å². The van der Waals surface area contributed by atoms with E-state index in [1.54, 1.807) is 0 Å². The van der Waals surface area contributed by atoms with Gasteiger partial charge in [-0.1, -0.05) is 129 Å². The zero-order valence-electron chi connectivity index (χ0n) is 29.6. The second-order valence-electron chi connectivity index (χ2n) is 14.4. The smallest absolute Gasteiger partial charge is 0.164 e. The van der Waals surface area contributed by atoms with E-state index in [1.165, 1.54) is 11.1 Å². The molecule has 0 amide bonds. The van der Waals surface area contributed by atoms with Crippen LogP contribution in [0.25, 0.3) is 83.6 Å². The van der Waals surface area contributed by atoms with Gasteiger partial charge >= 0.3 is 0 Å². The normalized spacial score (nSPS) is 13.3. The summed E-state index contributed by atoms with van der Waals surface area (Å²) in [7, 11) is 0. The largest absolute Gasteiger partial charge is 0.456 e. The monoisotopic (exact) mass is 696 g/mol. The Bertz CT molecular complexity index is 3120. The lowest BCUT2D eigenvalue weighted by molar-refractivity contribution is 0.423. The van der Waals surface area contributed by atoms with Crippen molar-refractivity contribution in [3.8, 4) is 51.3 Å². The van der Waals surface area contributed by atoms with Gasteiger partial charge in [0, 0.05) is 55.1 Å². The molecule has 256 valence electrons. The van der Waals surface area contributed by atoms with E-state index in [-0.39, 0.29) is 5.41 Å². The average molecular weight is 697 g/mol. The highest BCUT2D eigenvalue weighted by molar-refractivity contribution is 6.14. The molecular formula is C48H32N4O2.